The van der Waals surface area contributed by atoms with E-state index in [1.54, 1.807) is 6.20 Å². The molecular formula is C21H21BrN2O2. The second-order valence-corrected chi connectivity index (χ2v) is 7.37. The maximum atomic E-state index is 12.1. The highest BCUT2D eigenvalue weighted by Crippen LogP contribution is 2.24. The van der Waals surface area contributed by atoms with Gasteiger partial charge < -0.3 is 9.73 Å². The van der Waals surface area contributed by atoms with Crippen molar-refractivity contribution in [1.82, 2.24) is 4.98 Å². The van der Waals surface area contributed by atoms with Gasteiger partial charge in [0.2, 0.25) is 5.91 Å². The Hall–Kier alpha value is -2.40. The van der Waals surface area contributed by atoms with Crippen LogP contribution in [0.2, 0.25) is 0 Å². The van der Waals surface area contributed by atoms with Crippen molar-refractivity contribution >= 4 is 27.5 Å². The van der Waals surface area contributed by atoms with Crippen LogP contribution in [0.1, 0.15) is 37.6 Å². The molecule has 0 bridgehead atoms. The highest BCUT2D eigenvalue weighted by Gasteiger charge is 2.10. The lowest BCUT2D eigenvalue weighted by molar-refractivity contribution is -0.116. The minimum Gasteiger partial charge on any atom is -0.441 e. The highest BCUT2D eigenvalue weighted by atomic mass is 79.9. The molecule has 3 rings (SSSR count). The summed E-state index contributed by atoms with van der Waals surface area (Å²) in [7, 11) is 0. The average Bonchev–Trinajstić information content (AvgIpc) is 3.09. The molecule has 1 aromatic heterocycles. The number of carbonyl (C=O) groups excluding carboxylic acids is 1. The number of aryl methyl sites for hydroxylation is 1. The summed E-state index contributed by atoms with van der Waals surface area (Å²) in [5.41, 5.74) is 3.01. The van der Waals surface area contributed by atoms with Gasteiger partial charge in [-0.1, -0.05) is 54.0 Å². The molecule has 26 heavy (non-hydrogen) atoms. The maximum Gasteiger partial charge on any atom is 0.224 e. The van der Waals surface area contributed by atoms with E-state index in [1.807, 2.05) is 48.5 Å². The monoisotopic (exact) mass is 412 g/mol. The lowest BCUT2D eigenvalue weighted by Crippen LogP contribution is -2.12. The Kier molecular flexibility index (Phi) is 5.89. The van der Waals surface area contributed by atoms with E-state index in [9.17, 15) is 4.79 Å². The van der Waals surface area contributed by atoms with Crippen LogP contribution in [-0.2, 0) is 11.2 Å². The number of oxazole rings is 1. The zero-order chi connectivity index (χ0) is 18.5. The van der Waals surface area contributed by atoms with Gasteiger partial charge in [0.15, 0.2) is 11.7 Å². The number of anilines is 1. The lowest BCUT2D eigenvalue weighted by atomic mass is 10.0. The number of benzene rings is 2. The third kappa shape index (κ3) is 4.82. The Morgan fingerprint density at radius 3 is 2.65 bits per heavy atom. The summed E-state index contributed by atoms with van der Waals surface area (Å²) >= 11 is 3.44. The van der Waals surface area contributed by atoms with Crippen LogP contribution < -0.4 is 5.32 Å². The van der Waals surface area contributed by atoms with Crippen LogP contribution in [0.5, 0.6) is 0 Å². The van der Waals surface area contributed by atoms with Gasteiger partial charge in [-0.2, -0.15) is 0 Å². The first-order valence-electron chi connectivity index (χ1n) is 8.62. The number of halogens is 1. The quantitative estimate of drug-likeness (QED) is 0.556. The fraction of sp³-hybridized carbons (Fsp3) is 0.238. The van der Waals surface area contributed by atoms with Crippen molar-refractivity contribution in [3.05, 3.63) is 70.7 Å². The van der Waals surface area contributed by atoms with Crippen molar-refractivity contribution in [2.45, 2.75) is 32.6 Å². The molecule has 1 heterocycles. The molecule has 4 nitrogen and oxygen atoms in total. The standard InChI is InChI=1S/C21H21BrN2O2/c1-14(2)15-6-8-18(9-7-15)24-20(25)10-11-21-23-13-19(26-21)16-4-3-5-17(22)12-16/h3-9,12-14H,10-11H2,1-2H3,(H,24,25). The van der Waals surface area contributed by atoms with Gasteiger partial charge in [-0.3, -0.25) is 4.79 Å². The van der Waals surface area contributed by atoms with Crippen molar-refractivity contribution in [1.29, 1.82) is 0 Å². The first-order chi connectivity index (χ1) is 12.5. The number of nitrogens with one attached hydrogen (secondary N) is 1. The van der Waals surface area contributed by atoms with Crippen molar-refractivity contribution in [2.24, 2.45) is 0 Å². The first kappa shape index (κ1) is 18.4. The molecule has 0 aliphatic heterocycles. The summed E-state index contributed by atoms with van der Waals surface area (Å²) in [6.07, 6.45) is 2.48. The molecule has 134 valence electrons. The normalized spacial score (nSPS) is 10.9. The second-order valence-electron chi connectivity index (χ2n) is 6.45. The van der Waals surface area contributed by atoms with Crippen molar-refractivity contribution < 1.29 is 9.21 Å². The van der Waals surface area contributed by atoms with Gasteiger partial charge >= 0.3 is 0 Å². The van der Waals surface area contributed by atoms with Crippen LogP contribution >= 0.6 is 15.9 Å². The van der Waals surface area contributed by atoms with E-state index in [2.05, 4.69) is 40.1 Å². The summed E-state index contributed by atoms with van der Waals surface area (Å²) in [4.78, 5) is 16.4. The van der Waals surface area contributed by atoms with Crippen LogP contribution in [0.3, 0.4) is 0 Å². The first-order valence-corrected chi connectivity index (χ1v) is 9.41. The number of amides is 1. The molecular weight excluding hydrogens is 392 g/mol. The Morgan fingerprint density at radius 2 is 1.96 bits per heavy atom. The van der Waals surface area contributed by atoms with Crippen LogP contribution in [-0.4, -0.2) is 10.9 Å². The van der Waals surface area contributed by atoms with Crippen molar-refractivity contribution in [2.75, 3.05) is 5.32 Å². The summed E-state index contributed by atoms with van der Waals surface area (Å²) in [6.45, 7) is 4.29. The van der Waals surface area contributed by atoms with Gasteiger partial charge in [0.1, 0.15) is 0 Å². The third-order valence-electron chi connectivity index (χ3n) is 4.09. The van der Waals surface area contributed by atoms with Crippen molar-refractivity contribution in [3.63, 3.8) is 0 Å². The molecule has 0 aliphatic rings. The van der Waals surface area contributed by atoms with Crippen LogP contribution in [0.15, 0.2) is 63.6 Å². The van der Waals surface area contributed by atoms with Gasteiger partial charge in [-0.05, 0) is 35.7 Å². The van der Waals surface area contributed by atoms with E-state index in [1.165, 1.54) is 5.56 Å². The number of rotatable bonds is 6. The molecule has 1 N–H and O–H groups in total. The number of carbonyl (C=O) groups is 1. The Balaban J connectivity index is 1.55. The van der Waals surface area contributed by atoms with Gasteiger partial charge in [0.25, 0.3) is 0 Å². The molecule has 5 heteroatoms. The van der Waals surface area contributed by atoms with Crippen LogP contribution in [0.25, 0.3) is 11.3 Å². The lowest BCUT2D eigenvalue weighted by Gasteiger charge is -2.08. The number of nitrogens with zero attached hydrogens (tertiary/aromatic N) is 1. The maximum absolute atomic E-state index is 12.1. The Morgan fingerprint density at radius 1 is 1.19 bits per heavy atom. The Labute approximate surface area is 161 Å². The molecule has 0 saturated heterocycles. The van der Waals surface area contributed by atoms with Gasteiger partial charge in [-0.15, -0.1) is 0 Å². The summed E-state index contributed by atoms with van der Waals surface area (Å²) in [6, 6.07) is 15.8. The summed E-state index contributed by atoms with van der Waals surface area (Å²) < 4.78 is 6.74. The van der Waals surface area contributed by atoms with E-state index >= 15 is 0 Å². The minimum absolute atomic E-state index is 0.0514. The predicted molar refractivity (Wildman–Crippen MR) is 107 cm³/mol. The molecule has 0 unspecified atom stereocenters. The van der Waals surface area contributed by atoms with E-state index in [-0.39, 0.29) is 5.91 Å². The average molecular weight is 413 g/mol. The van der Waals surface area contributed by atoms with E-state index in [0.29, 0.717) is 30.4 Å². The number of hydrogen-bond acceptors (Lipinski definition) is 3. The molecule has 0 spiro atoms. The fourth-order valence-electron chi connectivity index (χ4n) is 2.60. The predicted octanol–water partition coefficient (Wildman–Crippen LogP) is 5.80. The molecule has 1 amide bonds. The SMILES string of the molecule is CC(C)c1ccc(NC(=O)CCc2ncc(-c3cccc(Br)c3)o2)cc1. The molecule has 0 radical (unpaired) electrons. The second kappa shape index (κ2) is 8.32. The minimum atomic E-state index is -0.0514. The summed E-state index contributed by atoms with van der Waals surface area (Å²) in [5.74, 6) is 1.69. The molecule has 0 aliphatic carbocycles. The van der Waals surface area contributed by atoms with Gasteiger partial charge in [0, 0.05) is 28.6 Å². The van der Waals surface area contributed by atoms with E-state index < -0.39 is 0 Å². The molecule has 0 saturated carbocycles. The van der Waals surface area contributed by atoms with Crippen LogP contribution in [0, 0.1) is 0 Å². The third-order valence-corrected chi connectivity index (χ3v) is 4.58. The molecule has 0 atom stereocenters. The van der Waals surface area contributed by atoms with E-state index in [0.717, 1.165) is 15.7 Å². The smallest absolute Gasteiger partial charge is 0.224 e. The van der Waals surface area contributed by atoms with Crippen molar-refractivity contribution in [3.8, 4) is 11.3 Å². The highest BCUT2D eigenvalue weighted by molar-refractivity contribution is 9.10. The van der Waals surface area contributed by atoms with Crippen LogP contribution in [0.4, 0.5) is 5.69 Å². The molecule has 0 fully saturated rings. The van der Waals surface area contributed by atoms with Gasteiger partial charge in [-0.25, -0.2) is 4.98 Å². The molecule has 3 aromatic rings. The van der Waals surface area contributed by atoms with Gasteiger partial charge in [0.05, 0.1) is 6.20 Å². The fourth-order valence-corrected chi connectivity index (χ4v) is 3.00. The largest absolute Gasteiger partial charge is 0.441 e. The number of aromatic nitrogens is 1. The zero-order valence-electron chi connectivity index (χ0n) is 14.8. The van der Waals surface area contributed by atoms with E-state index in [4.69, 9.17) is 4.42 Å². The molecule has 2 aromatic carbocycles. The zero-order valence-corrected chi connectivity index (χ0v) is 16.4. The topological polar surface area (TPSA) is 55.1 Å². The Bertz CT molecular complexity index is 885. The summed E-state index contributed by atoms with van der Waals surface area (Å²) in [5, 5.41) is 2.91. The number of hydrogen-bond donors (Lipinski definition) is 1.